The molecule has 2 rings (SSSR count). The fourth-order valence-corrected chi connectivity index (χ4v) is 2.65. The monoisotopic (exact) mass is 279 g/mol. The van der Waals surface area contributed by atoms with E-state index in [1.807, 2.05) is 31.2 Å². The third kappa shape index (κ3) is 3.55. The first-order chi connectivity index (χ1) is 9.10. The molecule has 19 heavy (non-hydrogen) atoms. The van der Waals surface area contributed by atoms with Crippen molar-refractivity contribution in [2.45, 2.75) is 29.7 Å². The number of benzene rings is 2. The van der Waals surface area contributed by atoms with Crippen LogP contribution in [0.5, 0.6) is 0 Å². The van der Waals surface area contributed by atoms with Crippen molar-refractivity contribution in [1.82, 2.24) is 0 Å². The number of aryl methyl sites for hydroxylation is 1. The van der Waals surface area contributed by atoms with E-state index in [4.69, 9.17) is 5.73 Å². The van der Waals surface area contributed by atoms with Crippen LogP contribution in [0, 0.1) is 6.92 Å². The Labute approximate surface area is 115 Å². The van der Waals surface area contributed by atoms with Crippen LogP contribution in [-0.2, 0) is 6.54 Å². The van der Waals surface area contributed by atoms with Gasteiger partial charge in [0.15, 0.2) is 0 Å². The molecule has 0 atom stereocenters. The van der Waals surface area contributed by atoms with Gasteiger partial charge in [-0.2, -0.15) is 0 Å². The van der Waals surface area contributed by atoms with Crippen molar-refractivity contribution in [1.29, 1.82) is 0 Å². The molecule has 0 fully saturated rings. The Kier molecular flexibility index (Phi) is 4.56. The molecular weight excluding hydrogens is 264 g/mol. The molecule has 0 spiro atoms. The highest BCUT2D eigenvalue weighted by molar-refractivity contribution is 7.99. The second kappa shape index (κ2) is 6.17. The van der Waals surface area contributed by atoms with Crippen LogP contribution in [0.3, 0.4) is 0 Å². The fraction of sp³-hybridized carbons (Fsp3) is 0.200. The van der Waals surface area contributed by atoms with Crippen LogP contribution in [0.2, 0.25) is 0 Å². The van der Waals surface area contributed by atoms with Crippen molar-refractivity contribution in [2.24, 2.45) is 5.73 Å². The van der Waals surface area contributed by atoms with E-state index in [1.165, 1.54) is 17.8 Å². The lowest BCUT2D eigenvalue weighted by Crippen LogP contribution is -1.98. The molecule has 0 aliphatic heterocycles. The highest BCUT2D eigenvalue weighted by atomic mass is 32.2. The zero-order valence-electron chi connectivity index (χ0n) is 10.6. The molecule has 4 heteroatoms. The van der Waals surface area contributed by atoms with E-state index < -0.39 is 6.43 Å². The van der Waals surface area contributed by atoms with Gasteiger partial charge in [0.2, 0.25) is 0 Å². The van der Waals surface area contributed by atoms with Gasteiger partial charge in [0.25, 0.3) is 6.43 Å². The highest BCUT2D eigenvalue weighted by Gasteiger charge is 2.14. The summed E-state index contributed by atoms with van der Waals surface area (Å²) in [7, 11) is 0. The number of nitrogens with two attached hydrogens (primary N) is 1. The SMILES string of the molecule is Cc1ccc(Sc2ccc(CN)cc2C(F)F)cc1. The van der Waals surface area contributed by atoms with Gasteiger partial charge in [0.1, 0.15) is 0 Å². The Hall–Kier alpha value is -1.39. The van der Waals surface area contributed by atoms with Gasteiger partial charge in [-0.3, -0.25) is 0 Å². The Morgan fingerprint density at radius 1 is 1.11 bits per heavy atom. The molecule has 0 aromatic heterocycles. The van der Waals surface area contributed by atoms with Crippen LogP contribution in [0.1, 0.15) is 23.1 Å². The van der Waals surface area contributed by atoms with Gasteiger partial charge >= 0.3 is 0 Å². The Balaban J connectivity index is 2.31. The molecule has 2 N–H and O–H groups in total. The molecular formula is C15H15F2NS. The minimum atomic E-state index is -2.49. The van der Waals surface area contributed by atoms with Crippen LogP contribution in [0.4, 0.5) is 8.78 Å². The maximum atomic E-state index is 13.1. The molecule has 0 unspecified atom stereocenters. The van der Waals surface area contributed by atoms with Gasteiger partial charge in [-0.25, -0.2) is 8.78 Å². The van der Waals surface area contributed by atoms with Crippen LogP contribution in [0.15, 0.2) is 52.3 Å². The summed E-state index contributed by atoms with van der Waals surface area (Å²) < 4.78 is 26.1. The third-order valence-corrected chi connectivity index (χ3v) is 3.89. The number of halogens is 2. The minimum Gasteiger partial charge on any atom is -0.326 e. The first kappa shape index (κ1) is 14.0. The van der Waals surface area contributed by atoms with Gasteiger partial charge in [-0.1, -0.05) is 35.5 Å². The summed E-state index contributed by atoms with van der Waals surface area (Å²) in [5.74, 6) is 0. The molecule has 0 saturated carbocycles. The number of alkyl halides is 2. The topological polar surface area (TPSA) is 26.0 Å². The second-order valence-corrected chi connectivity index (χ2v) is 5.41. The van der Waals surface area contributed by atoms with E-state index in [1.54, 1.807) is 12.1 Å². The molecule has 0 heterocycles. The number of rotatable bonds is 4. The summed E-state index contributed by atoms with van der Waals surface area (Å²) in [4.78, 5) is 1.53. The van der Waals surface area contributed by atoms with Gasteiger partial charge < -0.3 is 5.73 Å². The molecule has 1 nitrogen and oxygen atoms in total. The molecule has 0 aliphatic rings. The summed E-state index contributed by atoms with van der Waals surface area (Å²) in [6.45, 7) is 2.27. The average Bonchev–Trinajstić information content (AvgIpc) is 2.41. The number of hydrogen-bond acceptors (Lipinski definition) is 2. The van der Waals surface area contributed by atoms with E-state index in [0.29, 0.717) is 4.90 Å². The normalized spacial score (nSPS) is 11.0. The molecule has 0 aliphatic carbocycles. The maximum Gasteiger partial charge on any atom is 0.264 e. The van der Waals surface area contributed by atoms with E-state index in [9.17, 15) is 8.78 Å². The standard InChI is InChI=1S/C15H15F2NS/c1-10-2-5-12(6-3-10)19-14-7-4-11(9-18)8-13(14)15(16)17/h2-8,15H,9,18H2,1H3. The molecule has 2 aromatic rings. The van der Waals surface area contributed by atoms with Crippen LogP contribution in [0.25, 0.3) is 0 Å². The molecule has 0 saturated heterocycles. The maximum absolute atomic E-state index is 13.1. The lowest BCUT2D eigenvalue weighted by molar-refractivity contribution is 0.148. The predicted molar refractivity (Wildman–Crippen MR) is 74.6 cm³/mol. The smallest absolute Gasteiger partial charge is 0.264 e. The summed E-state index contributed by atoms with van der Waals surface area (Å²) in [6, 6.07) is 12.8. The third-order valence-electron chi connectivity index (χ3n) is 2.79. The highest BCUT2D eigenvalue weighted by Crippen LogP contribution is 2.35. The molecule has 0 radical (unpaired) electrons. The zero-order chi connectivity index (χ0) is 13.8. The molecule has 0 bridgehead atoms. The number of hydrogen-bond donors (Lipinski definition) is 1. The van der Waals surface area contributed by atoms with E-state index in [2.05, 4.69) is 0 Å². The van der Waals surface area contributed by atoms with Gasteiger partial charge in [-0.05, 0) is 36.8 Å². The summed E-state index contributed by atoms with van der Waals surface area (Å²) in [5, 5.41) is 0. The van der Waals surface area contributed by atoms with Crippen LogP contribution < -0.4 is 5.73 Å². The van der Waals surface area contributed by atoms with Gasteiger partial charge in [0, 0.05) is 21.9 Å². The molecule has 0 amide bonds. The van der Waals surface area contributed by atoms with Crippen molar-refractivity contribution in [2.75, 3.05) is 0 Å². The van der Waals surface area contributed by atoms with Gasteiger partial charge in [-0.15, -0.1) is 0 Å². The lowest BCUT2D eigenvalue weighted by Gasteiger charge is -2.10. The van der Waals surface area contributed by atoms with Crippen molar-refractivity contribution in [3.63, 3.8) is 0 Å². The predicted octanol–water partition coefficient (Wildman–Crippen LogP) is 4.54. The van der Waals surface area contributed by atoms with Crippen molar-refractivity contribution in [3.05, 3.63) is 59.2 Å². The van der Waals surface area contributed by atoms with Crippen molar-refractivity contribution >= 4 is 11.8 Å². The minimum absolute atomic E-state index is 0.0496. The Morgan fingerprint density at radius 3 is 2.37 bits per heavy atom. The fourth-order valence-electron chi connectivity index (χ4n) is 1.72. The van der Waals surface area contributed by atoms with E-state index in [-0.39, 0.29) is 12.1 Å². The van der Waals surface area contributed by atoms with E-state index in [0.717, 1.165) is 16.0 Å². The molecule has 2 aromatic carbocycles. The van der Waals surface area contributed by atoms with Crippen LogP contribution in [-0.4, -0.2) is 0 Å². The van der Waals surface area contributed by atoms with Gasteiger partial charge in [0.05, 0.1) is 0 Å². The second-order valence-electron chi connectivity index (χ2n) is 4.29. The quantitative estimate of drug-likeness (QED) is 0.889. The zero-order valence-corrected chi connectivity index (χ0v) is 11.4. The molecule has 100 valence electrons. The lowest BCUT2D eigenvalue weighted by atomic mass is 10.1. The first-order valence-corrected chi connectivity index (χ1v) is 6.77. The summed E-state index contributed by atoms with van der Waals surface area (Å²) in [5.41, 5.74) is 7.41. The Bertz CT molecular complexity index is 553. The van der Waals surface area contributed by atoms with E-state index >= 15 is 0 Å². The summed E-state index contributed by atoms with van der Waals surface area (Å²) >= 11 is 1.35. The first-order valence-electron chi connectivity index (χ1n) is 5.95. The largest absolute Gasteiger partial charge is 0.326 e. The summed E-state index contributed by atoms with van der Waals surface area (Å²) in [6.07, 6.45) is -2.49. The Morgan fingerprint density at radius 2 is 1.79 bits per heavy atom. The van der Waals surface area contributed by atoms with Crippen molar-refractivity contribution < 1.29 is 8.78 Å². The average molecular weight is 279 g/mol. The van der Waals surface area contributed by atoms with Crippen LogP contribution >= 0.6 is 11.8 Å². The van der Waals surface area contributed by atoms with Crippen molar-refractivity contribution in [3.8, 4) is 0 Å².